The van der Waals surface area contributed by atoms with Gasteiger partial charge in [0.2, 0.25) is 0 Å². The van der Waals surface area contributed by atoms with Crippen molar-refractivity contribution in [1.29, 1.82) is 0 Å². The van der Waals surface area contributed by atoms with Gasteiger partial charge in [-0.2, -0.15) is 4.89 Å². The number of carboxylic acid groups (broad SMARTS) is 1. The van der Waals surface area contributed by atoms with E-state index in [0.717, 1.165) is 18.2 Å². The van der Waals surface area contributed by atoms with Crippen molar-refractivity contribution in [2.75, 3.05) is 0 Å². The third-order valence-corrected chi connectivity index (χ3v) is 4.73. The second kappa shape index (κ2) is 11.5. The number of carbonyl (C=O) groups is 2. The highest BCUT2D eigenvalue weighted by Crippen LogP contribution is 2.27. The maximum absolute atomic E-state index is 12.5. The Morgan fingerprint density at radius 3 is 2.06 bits per heavy atom. The number of carbonyl (C=O) groups excluding carboxylic acids is 1. The fourth-order valence-corrected chi connectivity index (χ4v) is 3.13. The first-order valence-electron chi connectivity index (χ1n) is 9.86. The summed E-state index contributed by atoms with van der Waals surface area (Å²) < 4.78 is 5.08. The molecule has 0 unspecified atom stereocenters. The van der Waals surface area contributed by atoms with Crippen LogP contribution in [0, 0.1) is 20.2 Å². The number of nitro benzene ring substituents is 2. The Bertz CT molecular complexity index is 1270. The van der Waals surface area contributed by atoms with Gasteiger partial charge in [-0.15, -0.1) is 0 Å². The average molecular weight is 500 g/mol. The molecule has 14 heteroatoms. The van der Waals surface area contributed by atoms with E-state index in [1.807, 2.05) is 0 Å². The number of nitro groups is 2. The van der Waals surface area contributed by atoms with E-state index in [2.05, 4.69) is 4.89 Å². The van der Waals surface area contributed by atoms with Gasteiger partial charge in [0.25, 0.3) is 11.4 Å². The van der Waals surface area contributed by atoms with Gasteiger partial charge in [-0.3, -0.25) is 25.5 Å². The number of esters is 1. The Labute approximate surface area is 201 Å². The maximum Gasteiger partial charge on any atom is 0.351 e. The molecular formula is C22H16N2O12. The molecule has 3 aromatic rings. The van der Waals surface area contributed by atoms with Crippen LogP contribution in [-0.2, 0) is 23.0 Å². The van der Waals surface area contributed by atoms with Crippen molar-refractivity contribution in [3.8, 4) is 11.5 Å². The lowest BCUT2D eigenvalue weighted by Crippen LogP contribution is -2.16. The quantitative estimate of drug-likeness (QED) is 0.127. The lowest BCUT2D eigenvalue weighted by Gasteiger charge is -2.10. The molecule has 0 aliphatic rings. The first-order valence-corrected chi connectivity index (χ1v) is 9.86. The van der Waals surface area contributed by atoms with E-state index in [1.54, 1.807) is 0 Å². The molecule has 0 aliphatic carbocycles. The Hall–Kier alpha value is -4.92. The zero-order valence-corrected chi connectivity index (χ0v) is 18.1. The first kappa shape index (κ1) is 25.7. The molecule has 0 saturated carbocycles. The number of nitrogens with zero attached hydrogens (tertiary/aromatic N) is 2. The van der Waals surface area contributed by atoms with Crippen molar-refractivity contribution in [3.63, 3.8) is 0 Å². The lowest BCUT2D eigenvalue weighted by molar-refractivity contribution is -0.386. The van der Waals surface area contributed by atoms with Crippen molar-refractivity contribution >= 4 is 23.3 Å². The van der Waals surface area contributed by atoms with Crippen LogP contribution < -0.4 is 9.62 Å². The molecule has 2 N–H and O–H groups in total. The monoisotopic (exact) mass is 500 g/mol. The molecular weight excluding hydrogens is 484 g/mol. The molecule has 36 heavy (non-hydrogen) atoms. The molecule has 0 heterocycles. The summed E-state index contributed by atoms with van der Waals surface area (Å²) in [4.78, 5) is 59.1. The SMILES string of the molecule is O=C(O)c1cccc([N+](=O)[O-])c1C(=O)Oc1ccc(OOCc2c(COO)cccc2[N+](=O)[O-])cc1. The predicted molar refractivity (Wildman–Crippen MR) is 117 cm³/mol. The molecule has 0 fully saturated rings. The van der Waals surface area contributed by atoms with Gasteiger partial charge >= 0.3 is 11.9 Å². The summed E-state index contributed by atoms with van der Waals surface area (Å²) in [5, 5.41) is 40.4. The van der Waals surface area contributed by atoms with E-state index in [4.69, 9.17) is 19.8 Å². The molecule has 0 atom stereocenters. The van der Waals surface area contributed by atoms with E-state index >= 15 is 0 Å². The number of carboxylic acids is 1. The number of benzene rings is 3. The van der Waals surface area contributed by atoms with E-state index in [9.17, 15) is 34.9 Å². The van der Waals surface area contributed by atoms with E-state index in [1.165, 1.54) is 42.5 Å². The molecule has 0 aliphatic heterocycles. The van der Waals surface area contributed by atoms with Gasteiger partial charge in [0.1, 0.15) is 19.0 Å². The molecule has 0 aromatic heterocycles. The third-order valence-electron chi connectivity index (χ3n) is 4.73. The highest BCUT2D eigenvalue weighted by atomic mass is 17.2. The van der Waals surface area contributed by atoms with Crippen molar-refractivity contribution in [2.24, 2.45) is 0 Å². The van der Waals surface area contributed by atoms with Crippen LogP contribution in [0.2, 0.25) is 0 Å². The van der Waals surface area contributed by atoms with Gasteiger partial charge in [-0.1, -0.05) is 18.2 Å². The standard InChI is InChI=1S/C22H16N2O12/c25-21(26)16-4-2-6-19(24(30)31)20(16)22(27)35-14-7-9-15(10-8-14)36-34-12-17-13(11-33-32)3-1-5-18(17)23(28)29/h1-10,32H,11-12H2,(H,25,26). The number of rotatable bonds is 11. The minimum atomic E-state index is -1.54. The van der Waals surface area contributed by atoms with Crippen LogP contribution in [0.5, 0.6) is 11.5 Å². The molecule has 3 aromatic carbocycles. The fraction of sp³-hybridized carbons (Fsp3) is 0.0909. The van der Waals surface area contributed by atoms with E-state index in [0.29, 0.717) is 5.56 Å². The van der Waals surface area contributed by atoms with Crippen molar-refractivity contribution in [3.05, 3.63) is 103 Å². The number of hydrogen-bond donors (Lipinski definition) is 2. The Kier molecular flexibility index (Phi) is 8.19. The normalized spacial score (nSPS) is 10.5. The summed E-state index contributed by atoms with van der Waals surface area (Å²) in [6.07, 6.45) is 0. The van der Waals surface area contributed by atoms with Gasteiger partial charge in [-0.05, 0) is 35.9 Å². The van der Waals surface area contributed by atoms with Gasteiger partial charge < -0.3 is 14.7 Å². The van der Waals surface area contributed by atoms with Crippen molar-refractivity contribution < 1.29 is 49.2 Å². The number of ether oxygens (including phenoxy) is 1. The van der Waals surface area contributed by atoms with Crippen molar-refractivity contribution in [1.82, 2.24) is 0 Å². The highest BCUT2D eigenvalue weighted by Gasteiger charge is 2.28. The van der Waals surface area contributed by atoms with Crippen LogP contribution in [0.25, 0.3) is 0 Å². The zero-order chi connectivity index (χ0) is 26.2. The zero-order valence-electron chi connectivity index (χ0n) is 18.1. The molecule has 0 radical (unpaired) electrons. The predicted octanol–water partition coefficient (Wildman–Crippen LogP) is 3.92. The second-order valence-electron chi connectivity index (χ2n) is 6.91. The molecule has 0 bridgehead atoms. The smallest absolute Gasteiger partial charge is 0.351 e. The van der Waals surface area contributed by atoms with Crippen molar-refractivity contribution in [2.45, 2.75) is 13.2 Å². The minimum absolute atomic E-state index is 0.0806. The van der Waals surface area contributed by atoms with Gasteiger partial charge in [0, 0.05) is 12.1 Å². The number of hydrogen-bond acceptors (Lipinski definition) is 11. The van der Waals surface area contributed by atoms with Gasteiger partial charge in [-0.25, -0.2) is 14.5 Å². The van der Waals surface area contributed by atoms with Crippen LogP contribution in [0.4, 0.5) is 11.4 Å². The van der Waals surface area contributed by atoms with Crippen LogP contribution >= 0.6 is 0 Å². The third kappa shape index (κ3) is 5.95. The summed E-state index contributed by atoms with van der Waals surface area (Å²) in [6, 6.07) is 12.4. The molecule has 0 saturated heterocycles. The van der Waals surface area contributed by atoms with Gasteiger partial charge in [0.15, 0.2) is 11.3 Å². The Morgan fingerprint density at radius 2 is 1.44 bits per heavy atom. The highest BCUT2D eigenvalue weighted by molar-refractivity contribution is 6.06. The summed E-state index contributed by atoms with van der Waals surface area (Å²) in [5.74, 6) is -2.77. The summed E-state index contributed by atoms with van der Waals surface area (Å²) in [6.45, 7) is -0.689. The topological polar surface area (TPSA) is 198 Å². The number of aromatic carboxylic acids is 1. The van der Waals surface area contributed by atoms with Crippen LogP contribution in [0.15, 0.2) is 60.7 Å². The van der Waals surface area contributed by atoms with E-state index < -0.39 is 38.6 Å². The molecule has 0 spiro atoms. The summed E-state index contributed by atoms with van der Waals surface area (Å²) in [7, 11) is 0. The molecule has 186 valence electrons. The molecule has 0 amide bonds. The maximum atomic E-state index is 12.5. The Balaban J connectivity index is 1.70. The average Bonchev–Trinajstić information content (AvgIpc) is 2.85. The van der Waals surface area contributed by atoms with Crippen LogP contribution in [0.3, 0.4) is 0 Å². The minimum Gasteiger partial charge on any atom is -0.478 e. The van der Waals surface area contributed by atoms with Crippen LogP contribution in [-0.4, -0.2) is 32.1 Å². The largest absolute Gasteiger partial charge is 0.478 e. The summed E-state index contributed by atoms with van der Waals surface area (Å²) in [5.41, 5.74) is -1.90. The van der Waals surface area contributed by atoms with E-state index in [-0.39, 0.29) is 36.0 Å². The lowest BCUT2D eigenvalue weighted by atomic mass is 10.1. The van der Waals surface area contributed by atoms with Crippen LogP contribution in [0.1, 0.15) is 31.8 Å². The second-order valence-corrected chi connectivity index (χ2v) is 6.91. The van der Waals surface area contributed by atoms with Gasteiger partial charge in [0.05, 0.1) is 21.0 Å². The molecule has 14 nitrogen and oxygen atoms in total. The fourth-order valence-electron chi connectivity index (χ4n) is 3.13. The Morgan fingerprint density at radius 1 is 0.833 bits per heavy atom. The molecule has 3 rings (SSSR count). The first-order chi connectivity index (χ1) is 17.2. The summed E-state index contributed by atoms with van der Waals surface area (Å²) >= 11 is 0.